The lowest BCUT2D eigenvalue weighted by molar-refractivity contribution is 0.0936. The molecule has 150 valence electrons. The molecule has 0 radical (unpaired) electrons. The highest BCUT2D eigenvalue weighted by atomic mass is 35.5. The zero-order valence-electron chi connectivity index (χ0n) is 15.8. The molecule has 3 aromatic rings. The molecule has 0 spiro atoms. The van der Waals surface area contributed by atoms with Gasteiger partial charge in [-0.15, -0.1) is 0 Å². The fourth-order valence-corrected chi connectivity index (χ4v) is 3.60. The average Bonchev–Trinajstić information content (AvgIpc) is 3.38. The number of benzene rings is 1. The first-order valence-electron chi connectivity index (χ1n) is 9.34. The van der Waals surface area contributed by atoms with Crippen LogP contribution in [0.3, 0.4) is 0 Å². The monoisotopic (exact) mass is 414 g/mol. The van der Waals surface area contributed by atoms with E-state index in [1.807, 2.05) is 11.9 Å². The van der Waals surface area contributed by atoms with Gasteiger partial charge in [0.2, 0.25) is 5.95 Å². The minimum absolute atomic E-state index is 0.0826. The number of imidazole rings is 1. The summed E-state index contributed by atoms with van der Waals surface area (Å²) < 4.78 is 15.6. The number of hydrogen-bond acceptors (Lipinski definition) is 5. The van der Waals surface area contributed by atoms with Crippen LogP contribution in [0.4, 0.5) is 10.3 Å². The van der Waals surface area contributed by atoms with Crippen molar-refractivity contribution in [2.24, 2.45) is 7.05 Å². The van der Waals surface area contributed by atoms with Gasteiger partial charge >= 0.3 is 0 Å². The maximum atomic E-state index is 13.8. The lowest BCUT2D eigenvalue weighted by Gasteiger charge is -2.20. The first-order valence-corrected chi connectivity index (χ1v) is 9.72. The Morgan fingerprint density at radius 2 is 2.07 bits per heavy atom. The van der Waals surface area contributed by atoms with Crippen molar-refractivity contribution in [3.63, 3.8) is 0 Å². The topological polar surface area (TPSA) is 75.9 Å². The predicted octanol–water partition coefficient (Wildman–Crippen LogP) is 3.12. The molecule has 1 saturated heterocycles. The Bertz CT molecular complexity index is 1030. The van der Waals surface area contributed by atoms with Crippen molar-refractivity contribution in [1.82, 2.24) is 24.8 Å². The van der Waals surface area contributed by atoms with Crippen LogP contribution < -0.4 is 10.2 Å². The summed E-state index contributed by atoms with van der Waals surface area (Å²) in [6.45, 7) is 1.70. The van der Waals surface area contributed by atoms with Crippen molar-refractivity contribution in [1.29, 1.82) is 0 Å². The van der Waals surface area contributed by atoms with Gasteiger partial charge in [-0.3, -0.25) is 4.79 Å². The van der Waals surface area contributed by atoms with Crippen LogP contribution >= 0.6 is 11.6 Å². The van der Waals surface area contributed by atoms with Gasteiger partial charge < -0.3 is 14.8 Å². The number of rotatable bonds is 5. The normalized spacial score (nSPS) is 14.8. The number of nitrogens with zero attached hydrogens (tertiary/aromatic N) is 5. The van der Waals surface area contributed by atoms with Crippen molar-refractivity contribution < 1.29 is 9.18 Å². The summed E-state index contributed by atoms with van der Waals surface area (Å²) in [5, 5.41) is 3.05. The van der Waals surface area contributed by atoms with E-state index in [1.54, 1.807) is 29.1 Å². The Morgan fingerprint density at radius 3 is 2.76 bits per heavy atom. The lowest BCUT2D eigenvalue weighted by atomic mass is 10.1. The van der Waals surface area contributed by atoms with Crippen molar-refractivity contribution >= 4 is 23.5 Å². The van der Waals surface area contributed by atoms with Gasteiger partial charge in [0.25, 0.3) is 5.91 Å². The molecule has 1 aliphatic rings. The molecule has 1 unspecified atom stereocenters. The first kappa shape index (κ1) is 19.3. The summed E-state index contributed by atoms with van der Waals surface area (Å²) in [5.41, 5.74) is 0.650. The maximum Gasteiger partial charge on any atom is 0.272 e. The van der Waals surface area contributed by atoms with Crippen LogP contribution in [0, 0.1) is 5.82 Å². The Kier molecular flexibility index (Phi) is 5.44. The number of carbonyl (C=O) groups is 1. The Hall–Kier alpha value is -3.00. The van der Waals surface area contributed by atoms with Crippen LogP contribution in [0.1, 0.15) is 40.8 Å². The van der Waals surface area contributed by atoms with Gasteiger partial charge in [0.05, 0.1) is 11.2 Å². The summed E-state index contributed by atoms with van der Waals surface area (Å²) in [4.78, 5) is 28.1. The number of aryl methyl sites for hydroxylation is 1. The fraction of sp³-hybridized carbons (Fsp3) is 0.300. The van der Waals surface area contributed by atoms with E-state index in [1.165, 1.54) is 18.3 Å². The zero-order chi connectivity index (χ0) is 20.4. The third-order valence-electron chi connectivity index (χ3n) is 4.91. The number of anilines is 1. The minimum atomic E-state index is -0.667. The van der Waals surface area contributed by atoms with Crippen LogP contribution in [0.15, 0.2) is 42.9 Å². The van der Waals surface area contributed by atoms with Crippen molar-refractivity contribution in [2.75, 3.05) is 18.0 Å². The first-order chi connectivity index (χ1) is 14.0. The predicted molar refractivity (Wildman–Crippen MR) is 107 cm³/mol. The maximum absolute atomic E-state index is 13.8. The molecule has 9 heteroatoms. The van der Waals surface area contributed by atoms with Crippen molar-refractivity contribution in [3.05, 3.63) is 70.8 Å². The third-order valence-corrected chi connectivity index (χ3v) is 5.19. The molecule has 7 nitrogen and oxygen atoms in total. The molecule has 1 aromatic carbocycles. The summed E-state index contributed by atoms with van der Waals surface area (Å²) in [6.07, 6.45) is 6.95. The molecule has 29 heavy (non-hydrogen) atoms. The molecule has 3 heterocycles. The number of carbonyl (C=O) groups excluding carboxylic acids is 1. The molecule has 4 rings (SSSR count). The van der Waals surface area contributed by atoms with E-state index in [-0.39, 0.29) is 10.7 Å². The largest absolute Gasteiger partial charge is 0.341 e. The molecule has 1 N–H and O–H groups in total. The van der Waals surface area contributed by atoms with Crippen LogP contribution in [0.25, 0.3) is 0 Å². The van der Waals surface area contributed by atoms with Gasteiger partial charge in [-0.05, 0) is 30.5 Å². The van der Waals surface area contributed by atoms with Crippen molar-refractivity contribution in [3.8, 4) is 0 Å². The standard InChI is InChI=1S/C20H20ClFN6O/c1-27-10-7-23-18(27)16(13-5-4-6-14(22)11-13)25-19(29)17-15(21)12-24-20(26-17)28-8-2-3-9-28/h4-7,10-12,16H,2-3,8-9H2,1H3,(H,25,29). The van der Waals surface area contributed by atoms with E-state index in [4.69, 9.17) is 11.6 Å². The van der Waals surface area contributed by atoms with Gasteiger partial charge in [-0.25, -0.2) is 19.3 Å². The van der Waals surface area contributed by atoms with Crippen LogP contribution in [0.5, 0.6) is 0 Å². The van der Waals surface area contributed by atoms with E-state index < -0.39 is 17.8 Å². The molecular weight excluding hydrogens is 395 g/mol. The Labute approximate surface area is 172 Å². The fourth-order valence-electron chi connectivity index (χ4n) is 3.42. The number of amides is 1. The average molecular weight is 415 g/mol. The van der Waals surface area contributed by atoms with Crippen molar-refractivity contribution in [2.45, 2.75) is 18.9 Å². The van der Waals surface area contributed by atoms with E-state index in [2.05, 4.69) is 20.3 Å². The minimum Gasteiger partial charge on any atom is -0.341 e. The quantitative estimate of drug-likeness (QED) is 0.694. The van der Waals surface area contributed by atoms with Crippen LogP contribution in [-0.2, 0) is 7.05 Å². The van der Waals surface area contributed by atoms with Gasteiger partial charge in [-0.2, -0.15) is 0 Å². The molecule has 1 fully saturated rings. The smallest absolute Gasteiger partial charge is 0.272 e. The second kappa shape index (κ2) is 8.16. The summed E-state index contributed by atoms with van der Waals surface area (Å²) in [7, 11) is 1.81. The number of halogens is 2. The van der Waals surface area contributed by atoms with E-state index in [9.17, 15) is 9.18 Å². The van der Waals surface area contributed by atoms with Gasteiger partial charge in [0.15, 0.2) is 5.69 Å². The molecule has 2 aromatic heterocycles. The molecule has 1 amide bonds. The number of nitrogens with one attached hydrogen (secondary N) is 1. The van der Waals surface area contributed by atoms with Crippen LogP contribution in [-0.4, -0.2) is 38.5 Å². The van der Waals surface area contributed by atoms with Gasteiger partial charge in [0, 0.05) is 32.5 Å². The molecule has 0 saturated carbocycles. The third kappa shape index (κ3) is 4.07. The summed E-state index contributed by atoms with van der Waals surface area (Å²) in [5.74, 6) is 0.174. The highest BCUT2D eigenvalue weighted by Crippen LogP contribution is 2.24. The second-order valence-corrected chi connectivity index (χ2v) is 7.33. The molecule has 0 bridgehead atoms. The Balaban J connectivity index is 1.67. The molecular formula is C20H20ClFN6O. The van der Waals surface area contributed by atoms with Gasteiger partial charge in [0.1, 0.15) is 17.7 Å². The SMILES string of the molecule is Cn1ccnc1C(NC(=O)c1nc(N2CCCC2)ncc1Cl)c1cccc(F)c1. The molecule has 0 aliphatic carbocycles. The van der Waals surface area contributed by atoms with E-state index >= 15 is 0 Å². The van der Waals surface area contributed by atoms with Gasteiger partial charge in [-0.1, -0.05) is 23.7 Å². The lowest BCUT2D eigenvalue weighted by Crippen LogP contribution is -2.32. The summed E-state index contributed by atoms with van der Waals surface area (Å²) in [6, 6.07) is 5.39. The number of hydrogen-bond donors (Lipinski definition) is 1. The second-order valence-electron chi connectivity index (χ2n) is 6.92. The highest BCUT2D eigenvalue weighted by Gasteiger charge is 2.25. The number of aromatic nitrogens is 4. The highest BCUT2D eigenvalue weighted by molar-refractivity contribution is 6.33. The Morgan fingerprint density at radius 1 is 1.28 bits per heavy atom. The summed E-state index contributed by atoms with van der Waals surface area (Å²) >= 11 is 6.22. The van der Waals surface area contributed by atoms with E-state index in [0.717, 1.165) is 25.9 Å². The molecule has 1 aliphatic heterocycles. The zero-order valence-corrected chi connectivity index (χ0v) is 16.6. The van der Waals surface area contributed by atoms with E-state index in [0.29, 0.717) is 17.3 Å². The molecule has 1 atom stereocenters. The van der Waals surface area contributed by atoms with Crippen LogP contribution in [0.2, 0.25) is 5.02 Å².